The minimum absolute atomic E-state index is 0.0165. The van der Waals surface area contributed by atoms with Crippen LogP contribution in [0.5, 0.6) is 0 Å². The Bertz CT molecular complexity index is 377. The minimum atomic E-state index is -0.710. The first-order chi connectivity index (χ1) is 9.51. The van der Waals surface area contributed by atoms with Gasteiger partial charge in [0.15, 0.2) is 0 Å². The first kappa shape index (κ1) is 15.3. The molecule has 0 aromatic rings. The van der Waals surface area contributed by atoms with Crippen LogP contribution in [0.4, 0.5) is 0 Å². The Kier molecular flexibility index (Phi) is 4.71. The topological polar surface area (TPSA) is 49.4 Å². The summed E-state index contributed by atoms with van der Waals surface area (Å²) in [6.45, 7) is 6.53. The molecule has 1 aliphatic heterocycles. The van der Waals surface area contributed by atoms with Crippen LogP contribution in [0.1, 0.15) is 65.7 Å². The predicted octanol–water partition coefficient (Wildman–Crippen LogP) is 2.47. The molecule has 2 rings (SSSR count). The van der Waals surface area contributed by atoms with Crippen LogP contribution in [0.2, 0.25) is 0 Å². The standard InChI is InChI=1S/C16H28N2O2/c1-4-13-14(19)17-16(3,5-2)15(20)18(13)11-10-12-8-6-7-9-12/h12-13H,4-11H2,1-3H3,(H,17,19). The lowest BCUT2D eigenvalue weighted by molar-refractivity contribution is -0.154. The molecule has 4 nitrogen and oxygen atoms in total. The molecule has 0 aromatic heterocycles. The van der Waals surface area contributed by atoms with Gasteiger partial charge in [-0.3, -0.25) is 9.59 Å². The number of carbonyl (C=O) groups excluding carboxylic acids is 2. The van der Waals surface area contributed by atoms with Crippen molar-refractivity contribution in [2.24, 2.45) is 5.92 Å². The summed E-state index contributed by atoms with van der Waals surface area (Å²) >= 11 is 0. The van der Waals surface area contributed by atoms with E-state index in [-0.39, 0.29) is 17.9 Å². The quantitative estimate of drug-likeness (QED) is 0.841. The maximum atomic E-state index is 12.7. The van der Waals surface area contributed by atoms with E-state index in [9.17, 15) is 9.59 Å². The fraction of sp³-hybridized carbons (Fsp3) is 0.875. The largest absolute Gasteiger partial charge is 0.340 e. The molecule has 4 heteroatoms. The van der Waals surface area contributed by atoms with Gasteiger partial charge in [0, 0.05) is 6.54 Å². The molecule has 0 spiro atoms. The van der Waals surface area contributed by atoms with E-state index in [1.807, 2.05) is 25.7 Å². The van der Waals surface area contributed by atoms with Gasteiger partial charge < -0.3 is 10.2 Å². The van der Waals surface area contributed by atoms with Crippen molar-refractivity contribution in [1.29, 1.82) is 0 Å². The number of piperazine rings is 1. The highest BCUT2D eigenvalue weighted by Crippen LogP contribution is 2.29. The smallest absolute Gasteiger partial charge is 0.248 e. The predicted molar refractivity (Wildman–Crippen MR) is 79.2 cm³/mol. The van der Waals surface area contributed by atoms with Gasteiger partial charge in [-0.1, -0.05) is 39.5 Å². The highest BCUT2D eigenvalue weighted by Gasteiger charge is 2.46. The average molecular weight is 280 g/mol. The van der Waals surface area contributed by atoms with E-state index in [0.29, 0.717) is 12.8 Å². The van der Waals surface area contributed by atoms with Gasteiger partial charge in [0.05, 0.1) is 0 Å². The van der Waals surface area contributed by atoms with Crippen molar-refractivity contribution in [2.45, 2.75) is 77.3 Å². The van der Waals surface area contributed by atoms with Crippen LogP contribution >= 0.6 is 0 Å². The van der Waals surface area contributed by atoms with E-state index in [0.717, 1.165) is 18.9 Å². The summed E-state index contributed by atoms with van der Waals surface area (Å²) in [5.74, 6) is 0.866. The number of nitrogens with one attached hydrogen (secondary N) is 1. The number of amides is 2. The lowest BCUT2D eigenvalue weighted by atomic mass is 9.90. The molecular weight excluding hydrogens is 252 g/mol. The third-order valence-corrected chi connectivity index (χ3v) is 5.16. The van der Waals surface area contributed by atoms with Gasteiger partial charge >= 0.3 is 0 Å². The molecule has 2 aliphatic rings. The van der Waals surface area contributed by atoms with Crippen LogP contribution in [-0.4, -0.2) is 34.8 Å². The van der Waals surface area contributed by atoms with Crippen molar-refractivity contribution in [3.05, 3.63) is 0 Å². The van der Waals surface area contributed by atoms with Gasteiger partial charge in [-0.15, -0.1) is 0 Å². The zero-order chi connectivity index (χ0) is 14.8. The molecule has 114 valence electrons. The van der Waals surface area contributed by atoms with Gasteiger partial charge in [0.2, 0.25) is 11.8 Å². The van der Waals surface area contributed by atoms with Crippen LogP contribution in [0, 0.1) is 5.92 Å². The lowest BCUT2D eigenvalue weighted by Gasteiger charge is -2.44. The third kappa shape index (κ3) is 2.84. The van der Waals surface area contributed by atoms with Crippen LogP contribution < -0.4 is 5.32 Å². The number of rotatable bonds is 5. The lowest BCUT2D eigenvalue weighted by Crippen LogP contribution is -2.69. The second-order valence-corrected chi connectivity index (χ2v) is 6.54. The molecule has 1 saturated carbocycles. The molecular formula is C16H28N2O2. The van der Waals surface area contributed by atoms with E-state index in [2.05, 4.69) is 5.32 Å². The molecule has 1 heterocycles. The summed E-state index contributed by atoms with van der Waals surface area (Å²) in [7, 11) is 0. The minimum Gasteiger partial charge on any atom is -0.340 e. The Morgan fingerprint density at radius 1 is 1.25 bits per heavy atom. The Balaban J connectivity index is 2.07. The second kappa shape index (κ2) is 6.15. The Labute approximate surface area is 122 Å². The fourth-order valence-electron chi connectivity index (χ4n) is 3.53. The van der Waals surface area contributed by atoms with Crippen LogP contribution in [0.15, 0.2) is 0 Å². The molecule has 0 aromatic carbocycles. The summed E-state index contributed by atoms with van der Waals surface area (Å²) in [6.07, 6.45) is 7.61. The molecule has 0 bridgehead atoms. The first-order valence-electron chi connectivity index (χ1n) is 8.15. The summed E-state index contributed by atoms with van der Waals surface area (Å²) < 4.78 is 0. The van der Waals surface area contributed by atoms with E-state index >= 15 is 0 Å². The van der Waals surface area contributed by atoms with Crippen LogP contribution in [0.3, 0.4) is 0 Å². The number of hydrogen-bond donors (Lipinski definition) is 1. The molecule has 1 aliphatic carbocycles. The Morgan fingerprint density at radius 2 is 1.90 bits per heavy atom. The van der Waals surface area contributed by atoms with Gasteiger partial charge in [-0.05, 0) is 32.1 Å². The normalized spacial score (nSPS) is 31.8. The van der Waals surface area contributed by atoms with Gasteiger partial charge in [-0.2, -0.15) is 0 Å². The number of carbonyl (C=O) groups is 2. The molecule has 1 N–H and O–H groups in total. The van der Waals surface area contributed by atoms with E-state index < -0.39 is 5.54 Å². The molecule has 20 heavy (non-hydrogen) atoms. The summed E-state index contributed by atoms with van der Waals surface area (Å²) in [5.41, 5.74) is -0.710. The van der Waals surface area contributed by atoms with Gasteiger partial charge in [-0.25, -0.2) is 0 Å². The highest BCUT2D eigenvalue weighted by molar-refractivity contribution is 5.99. The molecule has 2 atom stereocenters. The summed E-state index contributed by atoms with van der Waals surface area (Å²) in [5, 5.41) is 2.92. The van der Waals surface area contributed by atoms with E-state index in [4.69, 9.17) is 0 Å². The Morgan fingerprint density at radius 3 is 2.45 bits per heavy atom. The molecule has 0 radical (unpaired) electrons. The van der Waals surface area contributed by atoms with Crippen molar-refractivity contribution in [2.75, 3.05) is 6.54 Å². The maximum absolute atomic E-state index is 12.7. The van der Waals surface area contributed by atoms with Crippen molar-refractivity contribution in [3.8, 4) is 0 Å². The van der Waals surface area contributed by atoms with Crippen LogP contribution in [-0.2, 0) is 9.59 Å². The van der Waals surface area contributed by atoms with Crippen molar-refractivity contribution in [1.82, 2.24) is 10.2 Å². The molecule has 2 amide bonds. The number of hydrogen-bond acceptors (Lipinski definition) is 2. The fourth-order valence-corrected chi connectivity index (χ4v) is 3.53. The zero-order valence-electron chi connectivity index (χ0n) is 13.1. The molecule has 2 fully saturated rings. The van der Waals surface area contributed by atoms with E-state index in [1.165, 1.54) is 25.7 Å². The zero-order valence-corrected chi connectivity index (χ0v) is 13.1. The summed E-state index contributed by atoms with van der Waals surface area (Å²) in [4.78, 5) is 26.8. The average Bonchev–Trinajstić information content (AvgIpc) is 2.94. The SMILES string of the molecule is CCC1C(=O)NC(C)(CC)C(=O)N1CCC1CCCC1. The van der Waals surface area contributed by atoms with E-state index in [1.54, 1.807) is 0 Å². The maximum Gasteiger partial charge on any atom is 0.248 e. The number of nitrogens with zero attached hydrogens (tertiary/aromatic N) is 1. The van der Waals surface area contributed by atoms with Gasteiger partial charge in [0.25, 0.3) is 0 Å². The van der Waals surface area contributed by atoms with Crippen molar-refractivity contribution >= 4 is 11.8 Å². The van der Waals surface area contributed by atoms with Crippen molar-refractivity contribution in [3.63, 3.8) is 0 Å². The highest BCUT2D eigenvalue weighted by atomic mass is 16.2. The molecule has 2 unspecified atom stereocenters. The monoisotopic (exact) mass is 280 g/mol. The second-order valence-electron chi connectivity index (χ2n) is 6.54. The first-order valence-corrected chi connectivity index (χ1v) is 8.15. The molecule has 1 saturated heterocycles. The Hall–Kier alpha value is -1.06. The van der Waals surface area contributed by atoms with Gasteiger partial charge in [0.1, 0.15) is 11.6 Å². The van der Waals surface area contributed by atoms with Crippen LogP contribution in [0.25, 0.3) is 0 Å². The van der Waals surface area contributed by atoms with Crippen molar-refractivity contribution < 1.29 is 9.59 Å². The summed E-state index contributed by atoms with van der Waals surface area (Å²) in [6, 6.07) is -0.275. The third-order valence-electron chi connectivity index (χ3n) is 5.16.